The average Bonchev–Trinajstić information content (AvgIpc) is 2.36. The standard InChI is InChI=1S/C8H15NO2/c1-2-3-6-4-5-9-7(6)8(10)11/h6-7,9H,2-5H2,1H3,(H,10,11)/t6-,7-/m0/s1. The van der Waals surface area contributed by atoms with E-state index in [0.717, 1.165) is 25.8 Å². The Morgan fingerprint density at radius 1 is 1.73 bits per heavy atom. The zero-order valence-corrected chi connectivity index (χ0v) is 6.84. The first kappa shape index (κ1) is 8.53. The van der Waals surface area contributed by atoms with Crippen molar-refractivity contribution in [2.24, 2.45) is 5.92 Å². The topological polar surface area (TPSA) is 49.3 Å². The monoisotopic (exact) mass is 157 g/mol. The normalized spacial score (nSPS) is 30.6. The maximum atomic E-state index is 10.6. The largest absolute Gasteiger partial charge is 0.480 e. The maximum Gasteiger partial charge on any atom is 0.320 e. The van der Waals surface area contributed by atoms with Crippen molar-refractivity contribution in [1.82, 2.24) is 5.32 Å². The van der Waals surface area contributed by atoms with E-state index >= 15 is 0 Å². The minimum Gasteiger partial charge on any atom is -0.480 e. The lowest BCUT2D eigenvalue weighted by molar-refractivity contribution is -0.140. The van der Waals surface area contributed by atoms with Crippen molar-refractivity contribution >= 4 is 5.97 Å². The van der Waals surface area contributed by atoms with Gasteiger partial charge in [-0.25, -0.2) is 0 Å². The van der Waals surface area contributed by atoms with Gasteiger partial charge in [-0.05, 0) is 25.3 Å². The summed E-state index contributed by atoms with van der Waals surface area (Å²) in [7, 11) is 0. The molecule has 3 heteroatoms. The number of carboxylic acid groups (broad SMARTS) is 1. The van der Waals surface area contributed by atoms with Gasteiger partial charge in [-0.3, -0.25) is 4.79 Å². The second-order valence-corrected chi connectivity index (χ2v) is 3.11. The van der Waals surface area contributed by atoms with Gasteiger partial charge in [-0.2, -0.15) is 0 Å². The van der Waals surface area contributed by atoms with Crippen LogP contribution in [0.3, 0.4) is 0 Å². The summed E-state index contributed by atoms with van der Waals surface area (Å²) in [6.07, 6.45) is 3.13. The quantitative estimate of drug-likeness (QED) is 0.638. The first-order valence-corrected chi connectivity index (χ1v) is 4.22. The molecule has 1 fully saturated rings. The van der Waals surface area contributed by atoms with E-state index in [2.05, 4.69) is 12.2 Å². The first-order chi connectivity index (χ1) is 5.25. The fourth-order valence-corrected chi connectivity index (χ4v) is 1.73. The molecule has 11 heavy (non-hydrogen) atoms. The fourth-order valence-electron chi connectivity index (χ4n) is 1.73. The zero-order valence-electron chi connectivity index (χ0n) is 6.84. The molecule has 1 rings (SSSR count). The van der Waals surface area contributed by atoms with Crippen LogP contribution in [0.5, 0.6) is 0 Å². The van der Waals surface area contributed by atoms with E-state index in [-0.39, 0.29) is 6.04 Å². The van der Waals surface area contributed by atoms with Crippen molar-refractivity contribution in [2.75, 3.05) is 6.54 Å². The Bertz CT molecular complexity index is 147. The SMILES string of the molecule is CCC[C@H]1CCN[C@@H]1C(=O)O. The molecular weight excluding hydrogens is 142 g/mol. The zero-order chi connectivity index (χ0) is 8.27. The van der Waals surface area contributed by atoms with Crippen LogP contribution in [-0.4, -0.2) is 23.7 Å². The molecule has 0 aromatic carbocycles. The summed E-state index contributed by atoms with van der Waals surface area (Å²) in [5.74, 6) is -0.335. The summed E-state index contributed by atoms with van der Waals surface area (Å²) in [4.78, 5) is 10.6. The lowest BCUT2D eigenvalue weighted by atomic mass is 9.96. The number of aliphatic carboxylic acids is 1. The molecule has 3 nitrogen and oxygen atoms in total. The lowest BCUT2D eigenvalue weighted by Crippen LogP contribution is -2.35. The van der Waals surface area contributed by atoms with E-state index in [0.29, 0.717) is 5.92 Å². The van der Waals surface area contributed by atoms with Gasteiger partial charge < -0.3 is 10.4 Å². The van der Waals surface area contributed by atoms with Gasteiger partial charge in [0.2, 0.25) is 0 Å². The van der Waals surface area contributed by atoms with Gasteiger partial charge in [0.05, 0.1) is 0 Å². The van der Waals surface area contributed by atoms with Gasteiger partial charge in [0.1, 0.15) is 6.04 Å². The summed E-state index contributed by atoms with van der Waals surface area (Å²) in [6, 6.07) is -0.282. The number of rotatable bonds is 3. The van der Waals surface area contributed by atoms with Crippen molar-refractivity contribution < 1.29 is 9.90 Å². The lowest BCUT2D eigenvalue weighted by Gasteiger charge is -2.13. The van der Waals surface area contributed by atoms with Gasteiger partial charge in [-0.1, -0.05) is 13.3 Å². The van der Waals surface area contributed by atoms with Gasteiger partial charge in [0.15, 0.2) is 0 Å². The van der Waals surface area contributed by atoms with Crippen LogP contribution in [0.25, 0.3) is 0 Å². The highest BCUT2D eigenvalue weighted by molar-refractivity contribution is 5.74. The summed E-state index contributed by atoms with van der Waals surface area (Å²) in [5, 5.41) is 11.7. The predicted molar refractivity (Wildman–Crippen MR) is 42.4 cm³/mol. The van der Waals surface area contributed by atoms with Crippen molar-refractivity contribution in [3.05, 3.63) is 0 Å². The van der Waals surface area contributed by atoms with Crippen molar-refractivity contribution in [3.8, 4) is 0 Å². The van der Waals surface area contributed by atoms with Crippen LogP contribution < -0.4 is 5.32 Å². The fraction of sp³-hybridized carbons (Fsp3) is 0.875. The Balaban J connectivity index is 2.44. The minimum absolute atomic E-state index is 0.282. The molecule has 0 bridgehead atoms. The molecule has 0 aromatic rings. The Kier molecular flexibility index (Phi) is 2.88. The molecule has 1 aliphatic rings. The molecule has 0 aliphatic carbocycles. The number of carbonyl (C=O) groups is 1. The van der Waals surface area contributed by atoms with E-state index in [1.807, 2.05) is 0 Å². The summed E-state index contributed by atoms with van der Waals surface area (Å²) in [6.45, 7) is 2.96. The minimum atomic E-state index is -0.694. The number of carboxylic acids is 1. The molecule has 1 saturated heterocycles. The molecule has 2 atom stereocenters. The Hall–Kier alpha value is -0.570. The highest BCUT2D eigenvalue weighted by Crippen LogP contribution is 2.20. The van der Waals surface area contributed by atoms with Crippen LogP contribution in [0.1, 0.15) is 26.2 Å². The van der Waals surface area contributed by atoms with Crippen molar-refractivity contribution in [3.63, 3.8) is 0 Å². The predicted octanol–water partition coefficient (Wildman–Crippen LogP) is 0.849. The molecule has 0 aromatic heterocycles. The maximum absolute atomic E-state index is 10.6. The highest BCUT2D eigenvalue weighted by Gasteiger charge is 2.31. The van der Waals surface area contributed by atoms with Crippen LogP contribution in [0.15, 0.2) is 0 Å². The van der Waals surface area contributed by atoms with Crippen LogP contribution in [0.4, 0.5) is 0 Å². The van der Waals surface area contributed by atoms with Gasteiger partial charge >= 0.3 is 5.97 Å². The van der Waals surface area contributed by atoms with E-state index in [9.17, 15) is 4.79 Å². The van der Waals surface area contributed by atoms with Gasteiger partial charge in [-0.15, -0.1) is 0 Å². The van der Waals surface area contributed by atoms with Crippen LogP contribution in [-0.2, 0) is 4.79 Å². The third-order valence-corrected chi connectivity index (χ3v) is 2.28. The second kappa shape index (κ2) is 3.72. The summed E-state index contributed by atoms with van der Waals surface area (Å²) < 4.78 is 0. The average molecular weight is 157 g/mol. The van der Waals surface area contributed by atoms with Gasteiger partial charge in [0, 0.05) is 0 Å². The molecule has 1 heterocycles. The molecule has 0 saturated carbocycles. The molecule has 0 unspecified atom stereocenters. The third kappa shape index (κ3) is 1.93. The van der Waals surface area contributed by atoms with Crippen molar-refractivity contribution in [1.29, 1.82) is 0 Å². The number of hydrogen-bond donors (Lipinski definition) is 2. The van der Waals surface area contributed by atoms with E-state index in [4.69, 9.17) is 5.11 Å². The second-order valence-electron chi connectivity index (χ2n) is 3.11. The smallest absolute Gasteiger partial charge is 0.320 e. The summed E-state index contributed by atoms with van der Waals surface area (Å²) >= 11 is 0. The first-order valence-electron chi connectivity index (χ1n) is 4.22. The molecular formula is C8H15NO2. The van der Waals surface area contributed by atoms with Crippen LogP contribution in [0.2, 0.25) is 0 Å². The number of nitrogens with one attached hydrogen (secondary N) is 1. The third-order valence-electron chi connectivity index (χ3n) is 2.28. The molecule has 2 N–H and O–H groups in total. The van der Waals surface area contributed by atoms with E-state index in [1.165, 1.54) is 0 Å². The van der Waals surface area contributed by atoms with Crippen LogP contribution in [0, 0.1) is 5.92 Å². The van der Waals surface area contributed by atoms with E-state index in [1.54, 1.807) is 0 Å². The molecule has 0 spiro atoms. The van der Waals surface area contributed by atoms with Crippen molar-refractivity contribution in [2.45, 2.75) is 32.2 Å². The molecule has 1 aliphatic heterocycles. The molecule has 0 radical (unpaired) electrons. The van der Waals surface area contributed by atoms with Crippen LogP contribution >= 0.6 is 0 Å². The number of hydrogen-bond acceptors (Lipinski definition) is 2. The highest BCUT2D eigenvalue weighted by atomic mass is 16.4. The summed E-state index contributed by atoms with van der Waals surface area (Å²) in [5.41, 5.74) is 0. The molecule has 0 amide bonds. The van der Waals surface area contributed by atoms with Gasteiger partial charge in [0.25, 0.3) is 0 Å². The van der Waals surface area contributed by atoms with E-state index < -0.39 is 5.97 Å². The molecule has 64 valence electrons. The Morgan fingerprint density at radius 2 is 2.45 bits per heavy atom. The Morgan fingerprint density at radius 3 is 3.00 bits per heavy atom. The Labute approximate surface area is 66.8 Å².